The molecule has 2 amide bonds. The van der Waals surface area contributed by atoms with Crippen molar-refractivity contribution < 1.29 is 19.2 Å². The molecule has 0 N–H and O–H groups in total. The Labute approximate surface area is 114 Å². The Bertz CT molecular complexity index is 401. The van der Waals surface area contributed by atoms with Crippen molar-refractivity contribution in [3.63, 3.8) is 0 Å². The lowest BCUT2D eigenvalue weighted by Gasteiger charge is -2.24. The smallest absolute Gasteiger partial charge is 0.330 e. The Balaban J connectivity index is 2.73. The van der Waals surface area contributed by atoms with Gasteiger partial charge in [-0.05, 0) is 10.8 Å². The predicted molar refractivity (Wildman–Crippen MR) is 69.6 cm³/mol. The molecule has 1 aliphatic rings. The fraction of sp³-hybridized carbons (Fsp3) is 0.786. The number of hydrogen-bond acceptors (Lipinski definition) is 4. The van der Waals surface area contributed by atoms with Crippen LogP contribution < -0.4 is 0 Å². The van der Waals surface area contributed by atoms with E-state index in [-0.39, 0.29) is 23.7 Å². The second-order valence-electron chi connectivity index (χ2n) is 7.35. The molecule has 108 valence electrons. The molecule has 5 nitrogen and oxygen atoms in total. The Morgan fingerprint density at radius 3 is 2.11 bits per heavy atom. The summed E-state index contributed by atoms with van der Waals surface area (Å²) in [4.78, 5) is 40.5. The summed E-state index contributed by atoms with van der Waals surface area (Å²) in [6.07, 6.45) is 0.259. The van der Waals surface area contributed by atoms with Crippen LogP contribution in [0.5, 0.6) is 0 Å². The van der Waals surface area contributed by atoms with Gasteiger partial charge in [-0.25, -0.2) is 4.79 Å². The molecule has 1 atom stereocenters. The summed E-state index contributed by atoms with van der Waals surface area (Å²) in [5.41, 5.74) is -0.565. The highest BCUT2D eigenvalue weighted by molar-refractivity contribution is 6.03. The van der Waals surface area contributed by atoms with Crippen LogP contribution in [0.25, 0.3) is 0 Å². The summed E-state index contributed by atoms with van der Waals surface area (Å²) in [7, 11) is 0. The molecule has 0 aromatic carbocycles. The minimum atomic E-state index is -0.552. The van der Waals surface area contributed by atoms with Gasteiger partial charge in [0.2, 0.25) is 0 Å². The van der Waals surface area contributed by atoms with E-state index in [9.17, 15) is 14.4 Å². The molecule has 0 radical (unpaired) electrons. The molecule has 1 fully saturated rings. The maximum Gasteiger partial charge on any atom is 0.333 e. The Hall–Kier alpha value is -1.39. The summed E-state index contributed by atoms with van der Waals surface area (Å²) in [6, 6.07) is 0. The van der Waals surface area contributed by atoms with Crippen LogP contribution in [0.2, 0.25) is 0 Å². The summed E-state index contributed by atoms with van der Waals surface area (Å²) in [5.74, 6) is -1.84. The van der Waals surface area contributed by atoms with Gasteiger partial charge >= 0.3 is 5.97 Å². The summed E-state index contributed by atoms with van der Waals surface area (Å²) < 4.78 is 0. The second-order valence-corrected chi connectivity index (χ2v) is 7.35. The molecule has 0 aromatic heterocycles. The van der Waals surface area contributed by atoms with E-state index < -0.39 is 23.7 Å². The van der Waals surface area contributed by atoms with Gasteiger partial charge in [-0.3, -0.25) is 9.59 Å². The number of imide groups is 1. The Morgan fingerprint density at radius 1 is 1.21 bits per heavy atom. The first-order valence-electron chi connectivity index (χ1n) is 6.49. The van der Waals surface area contributed by atoms with E-state index in [0.717, 1.165) is 0 Å². The van der Waals surface area contributed by atoms with Gasteiger partial charge in [0.1, 0.15) is 0 Å². The Kier molecular flexibility index (Phi) is 4.08. The number of nitrogens with zero attached hydrogens (tertiary/aromatic N) is 1. The van der Waals surface area contributed by atoms with Crippen molar-refractivity contribution in [3.05, 3.63) is 0 Å². The number of rotatable bonds is 2. The highest BCUT2D eigenvalue weighted by Gasteiger charge is 2.47. The first kappa shape index (κ1) is 15.7. The van der Waals surface area contributed by atoms with Gasteiger partial charge < -0.3 is 4.84 Å². The van der Waals surface area contributed by atoms with Crippen molar-refractivity contribution in [2.45, 2.75) is 54.4 Å². The van der Waals surface area contributed by atoms with Gasteiger partial charge in [-0.15, -0.1) is 5.06 Å². The second kappa shape index (κ2) is 4.94. The van der Waals surface area contributed by atoms with Crippen LogP contribution in [0.15, 0.2) is 0 Å². The third-order valence-electron chi connectivity index (χ3n) is 3.02. The molecule has 1 rings (SSSR count). The first-order chi connectivity index (χ1) is 8.42. The number of carbonyl (C=O) groups is 3. The average Bonchev–Trinajstić information content (AvgIpc) is 2.41. The van der Waals surface area contributed by atoms with Crippen LogP contribution in [0, 0.1) is 16.7 Å². The lowest BCUT2D eigenvalue weighted by atomic mass is 9.80. The molecule has 19 heavy (non-hydrogen) atoms. The van der Waals surface area contributed by atoms with E-state index in [4.69, 9.17) is 4.84 Å². The molecule has 0 spiro atoms. The normalized spacial score (nSPS) is 20.9. The molecule has 0 saturated carbocycles. The van der Waals surface area contributed by atoms with Crippen LogP contribution >= 0.6 is 0 Å². The third-order valence-corrected chi connectivity index (χ3v) is 3.02. The molecule has 1 unspecified atom stereocenters. The lowest BCUT2D eigenvalue weighted by Crippen LogP contribution is -2.36. The minimum Gasteiger partial charge on any atom is -0.330 e. The molecule has 1 saturated heterocycles. The highest BCUT2D eigenvalue weighted by atomic mass is 16.7. The van der Waals surface area contributed by atoms with Crippen molar-refractivity contribution in [1.29, 1.82) is 0 Å². The van der Waals surface area contributed by atoms with Crippen LogP contribution in [0.4, 0.5) is 0 Å². The van der Waals surface area contributed by atoms with Crippen molar-refractivity contribution in [2.75, 3.05) is 0 Å². The fourth-order valence-electron chi connectivity index (χ4n) is 1.95. The lowest BCUT2D eigenvalue weighted by molar-refractivity contribution is -0.200. The largest absolute Gasteiger partial charge is 0.333 e. The zero-order valence-corrected chi connectivity index (χ0v) is 12.6. The summed E-state index contributed by atoms with van der Waals surface area (Å²) in [6.45, 7) is 11.3. The van der Waals surface area contributed by atoms with Crippen molar-refractivity contribution >= 4 is 17.8 Å². The quantitative estimate of drug-likeness (QED) is 0.722. The molecular weight excluding hydrogens is 246 g/mol. The van der Waals surface area contributed by atoms with Crippen LogP contribution in [-0.2, 0) is 19.2 Å². The van der Waals surface area contributed by atoms with Gasteiger partial charge in [0.15, 0.2) is 0 Å². The Morgan fingerprint density at radius 2 is 1.74 bits per heavy atom. The van der Waals surface area contributed by atoms with Gasteiger partial charge in [0.25, 0.3) is 11.8 Å². The molecule has 1 aliphatic heterocycles. The standard InChI is InChI=1S/C14H23NO4/c1-13(2,3)8-11(17)19-15-10(16)7-9(12(15)18)14(4,5)6/h9H,7-8H2,1-6H3. The molecule has 0 bridgehead atoms. The van der Waals surface area contributed by atoms with E-state index in [1.807, 2.05) is 41.5 Å². The number of hydroxylamine groups is 2. The van der Waals surface area contributed by atoms with Gasteiger partial charge in [0.05, 0.1) is 12.3 Å². The maximum absolute atomic E-state index is 12.1. The van der Waals surface area contributed by atoms with E-state index in [1.165, 1.54) is 0 Å². The number of carbonyl (C=O) groups excluding carboxylic acids is 3. The van der Waals surface area contributed by atoms with E-state index in [1.54, 1.807) is 0 Å². The minimum absolute atomic E-state index is 0.102. The van der Waals surface area contributed by atoms with Crippen LogP contribution in [0.1, 0.15) is 54.4 Å². The van der Waals surface area contributed by atoms with Gasteiger partial charge in [0, 0.05) is 6.42 Å². The molecule has 0 aliphatic carbocycles. The zero-order valence-electron chi connectivity index (χ0n) is 12.6. The van der Waals surface area contributed by atoms with E-state index in [0.29, 0.717) is 5.06 Å². The maximum atomic E-state index is 12.1. The molecule has 0 aromatic rings. The van der Waals surface area contributed by atoms with Crippen molar-refractivity contribution in [1.82, 2.24) is 5.06 Å². The van der Waals surface area contributed by atoms with Crippen molar-refractivity contribution in [3.8, 4) is 0 Å². The topological polar surface area (TPSA) is 63.7 Å². The van der Waals surface area contributed by atoms with E-state index >= 15 is 0 Å². The van der Waals surface area contributed by atoms with Gasteiger partial charge in [-0.1, -0.05) is 41.5 Å². The molecule has 5 heteroatoms. The summed E-state index contributed by atoms with van der Waals surface area (Å²) in [5, 5.41) is 0.643. The zero-order chi connectivity index (χ0) is 15.0. The predicted octanol–water partition coefficient (Wildman–Crippen LogP) is 2.30. The molecular formula is C14H23NO4. The number of hydrogen-bond donors (Lipinski definition) is 0. The summed E-state index contributed by atoms with van der Waals surface area (Å²) >= 11 is 0. The SMILES string of the molecule is CC(C)(C)CC(=O)ON1C(=O)CC(C(C)(C)C)C1=O. The average molecular weight is 269 g/mol. The third kappa shape index (κ3) is 4.04. The highest BCUT2D eigenvalue weighted by Crippen LogP contribution is 2.35. The van der Waals surface area contributed by atoms with E-state index in [2.05, 4.69) is 0 Å². The van der Waals surface area contributed by atoms with Gasteiger partial charge in [-0.2, -0.15) is 0 Å². The van der Waals surface area contributed by atoms with Crippen LogP contribution in [0.3, 0.4) is 0 Å². The molecule has 1 heterocycles. The fourth-order valence-corrected chi connectivity index (χ4v) is 1.95. The first-order valence-corrected chi connectivity index (χ1v) is 6.49. The van der Waals surface area contributed by atoms with Crippen molar-refractivity contribution in [2.24, 2.45) is 16.7 Å². The monoisotopic (exact) mass is 269 g/mol. The number of amides is 2. The van der Waals surface area contributed by atoms with Crippen LogP contribution in [-0.4, -0.2) is 22.8 Å².